The number of likely N-dealkylation sites (tertiary alicyclic amines) is 1. The van der Waals surface area contributed by atoms with Crippen molar-refractivity contribution in [1.82, 2.24) is 15.5 Å². The van der Waals surface area contributed by atoms with Crippen molar-refractivity contribution in [3.05, 3.63) is 29.8 Å². The third-order valence-electron chi connectivity index (χ3n) is 4.48. The van der Waals surface area contributed by atoms with Crippen LogP contribution in [0.25, 0.3) is 0 Å². The normalized spacial score (nSPS) is 16.4. The summed E-state index contributed by atoms with van der Waals surface area (Å²) < 4.78 is 41.2. The highest BCUT2D eigenvalue weighted by molar-refractivity contribution is 14.0. The third-order valence-corrected chi connectivity index (χ3v) is 4.48. The standard InChI is InChI=1S/C19H29F3N4O.HI/c1-3-10-26-11-8-16(9-12-26)25-18(23-2)24-13-15-4-6-17(7-5-15)27-14-19(20,21)22;/h4-7,16H,3,8-14H2,1-2H3,(H2,23,24,25);1H. The van der Waals surface area contributed by atoms with Gasteiger partial charge in [0.15, 0.2) is 12.6 Å². The van der Waals surface area contributed by atoms with E-state index < -0.39 is 12.8 Å². The Hall–Kier alpha value is -1.23. The van der Waals surface area contributed by atoms with Crippen LogP contribution in [0.4, 0.5) is 13.2 Å². The van der Waals surface area contributed by atoms with Crippen LogP contribution in [0, 0.1) is 0 Å². The minimum Gasteiger partial charge on any atom is -0.484 e. The highest BCUT2D eigenvalue weighted by atomic mass is 127. The summed E-state index contributed by atoms with van der Waals surface area (Å²) in [5.41, 5.74) is 0.940. The van der Waals surface area contributed by atoms with Crippen LogP contribution in [-0.4, -0.2) is 56.4 Å². The van der Waals surface area contributed by atoms with Gasteiger partial charge in [-0.3, -0.25) is 4.99 Å². The zero-order valence-corrected chi connectivity index (χ0v) is 18.7. The van der Waals surface area contributed by atoms with Crippen molar-refractivity contribution in [3.63, 3.8) is 0 Å². The molecule has 1 aromatic carbocycles. The molecular formula is C19H30F3IN4O. The van der Waals surface area contributed by atoms with E-state index in [0.29, 0.717) is 12.6 Å². The second kappa shape index (κ2) is 12.4. The molecule has 1 aliphatic rings. The number of benzene rings is 1. The van der Waals surface area contributed by atoms with Gasteiger partial charge in [-0.05, 0) is 43.5 Å². The number of alkyl halides is 3. The van der Waals surface area contributed by atoms with Gasteiger partial charge < -0.3 is 20.3 Å². The molecule has 28 heavy (non-hydrogen) atoms. The van der Waals surface area contributed by atoms with Gasteiger partial charge in [0, 0.05) is 32.7 Å². The number of hydrogen-bond acceptors (Lipinski definition) is 3. The molecule has 1 fully saturated rings. The molecule has 9 heteroatoms. The van der Waals surface area contributed by atoms with E-state index in [1.54, 1.807) is 31.3 Å². The van der Waals surface area contributed by atoms with Crippen molar-refractivity contribution in [2.75, 3.05) is 33.3 Å². The van der Waals surface area contributed by atoms with Crippen LogP contribution in [0.3, 0.4) is 0 Å². The lowest BCUT2D eigenvalue weighted by atomic mass is 10.1. The number of halogens is 4. The average Bonchev–Trinajstić information content (AvgIpc) is 2.65. The second-order valence-electron chi connectivity index (χ2n) is 6.73. The molecule has 0 unspecified atom stereocenters. The fraction of sp³-hybridized carbons (Fsp3) is 0.632. The van der Waals surface area contributed by atoms with Crippen LogP contribution in [-0.2, 0) is 6.54 Å². The zero-order chi connectivity index (χ0) is 19.7. The first-order valence-corrected chi connectivity index (χ1v) is 9.37. The largest absolute Gasteiger partial charge is 0.484 e. The molecule has 0 aliphatic carbocycles. The number of nitrogens with zero attached hydrogens (tertiary/aromatic N) is 2. The minimum absolute atomic E-state index is 0. The molecule has 0 saturated carbocycles. The van der Waals surface area contributed by atoms with Gasteiger partial charge in [0.05, 0.1) is 0 Å². The maximum atomic E-state index is 12.2. The molecule has 0 amide bonds. The molecule has 160 valence electrons. The lowest BCUT2D eigenvalue weighted by molar-refractivity contribution is -0.153. The molecule has 0 bridgehead atoms. The summed E-state index contributed by atoms with van der Waals surface area (Å²) in [5.74, 6) is 0.943. The van der Waals surface area contributed by atoms with Crippen LogP contribution in [0.15, 0.2) is 29.3 Å². The van der Waals surface area contributed by atoms with Crippen LogP contribution in [0.1, 0.15) is 31.7 Å². The van der Waals surface area contributed by atoms with E-state index in [1.807, 2.05) is 0 Å². The summed E-state index contributed by atoms with van der Waals surface area (Å²) in [4.78, 5) is 6.74. The quantitative estimate of drug-likeness (QED) is 0.331. The number of guanidine groups is 1. The Morgan fingerprint density at radius 1 is 1.21 bits per heavy atom. The zero-order valence-electron chi connectivity index (χ0n) is 16.4. The summed E-state index contributed by atoms with van der Waals surface area (Å²) in [6, 6.07) is 6.98. The molecule has 2 rings (SSSR count). The lowest BCUT2D eigenvalue weighted by Crippen LogP contribution is -2.48. The number of hydrogen-bond donors (Lipinski definition) is 2. The van der Waals surface area contributed by atoms with E-state index in [4.69, 9.17) is 4.74 Å². The SMILES string of the molecule is CCCN1CCC(NC(=NC)NCc2ccc(OCC(F)(F)F)cc2)CC1.I. The topological polar surface area (TPSA) is 48.9 Å². The number of aliphatic imine (C=N–C) groups is 1. The molecule has 1 saturated heterocycles. The van der Waals surface area contributed by atoms with Crippen LogP contribution in [0.5, 0.6) is 5.75 Å². The molecule has 0 radical (unpaired) electrons. The number of ether oxygens (including phenoxy) is 1. The molecule has 0 aromatic heterocycles. The van der Waals surface area contributed by atoms with E-state index >= 15 is 0 Å². The van der Waals surface area contributed by atoms with E-state index in [-0.39, 0.29) is 29.7 Å². The number of nitrogens with one attached hydrogen (secondary N) is 2. The van der Waals surface area contributed by atoms with Gasteiger partial charge >= 0.3 is 6.18 Å². The summed E-state index contributed by atoms with van der Waals surface area (Å²) in [5, 5.41) is 6.70. The molecule has 1 aromatic rings. The Balaban J connectivity index is 0.00000392. The van der Waals surface area contributed by atoms with Crippen molar-refractivity contribution in [2.45, 2.75) is 44.9 Å². The van der Waals surface area contributed by atoms with Crippen molar-refractivity contribution < 1.29 is 17.9 Å². The highest BCUT2D eigenvalue weighted by Gasteiger charge is 2.28. The molecule has 5 nitrogen and oxygen atoms in total. The van der Waals surface area contributed by atoms with Gasteiger partial charge in [-0.25, -0.2) is 0 Å². The third kappa shape index (κ3) is 9.31. The maximum absolute atomic E-state index is 12.2. The minimum atomic E-state index is -4.33. The highest BCUT2D eigenvalue weighted by Crippen LogP contribution is 2.18. The van der Waals surface area contributed by atoms with Gasteiger partial charge in [0.1, 0.15) is 5.75 Å². The summed E-state index contributed by atoms with van der Waals surface area (Å²) in [6.07, 6.45) is -0.968. The monoisotopic (exact) mass is 514 g/mol. The van der Waals surface area contributed by atoms with E-state index in [2.05, 4.69) is 27.4 Å². The van der Waals surface area contributed by atoms with E-state index in [0.717, 1.165) is 44.0 Å². The predicted molar refractivity (Wildman–Crippen MR) is 116 cm³/mol. The predicted octanol–water partition coefficient (Wildman–Crippen LogP) is 3.79. The van der Waals surface area contributed by atoms with Gasteiger partial charge in [-0.1, -0.05) is 19.1 Å². The number of rotatable bonds is 7. The van der Waals surface area contributed by atoms with Crippen molar-refractivity contribution >= 4 is 29.9 Å². The molecule has 0 atom stereocenters. The van der Waals surface area contributed by atoms with E-state index in [9.17, 15) is 13.2 Å². The molecule has 2 N–H and O–H groups in total. The van der Waals surface area contributed by atoms with Crippen molar-refractivity contribution in [2.24, 2.45) is 4.99 Å². The first-order chi connectivity index (χ1) is 12.9. The lowest BCUT2D eigenvalue weighted by Gasteiger charge is -2.32. The Labute approximate surface area is 182 Å². The van der Waals surface area contributed by atoms with Crippen LogP contribution < -0.4 is 15.4 Å². The number of piperidine rings is 1. The Morgan fingerprint density at radius 3 is 2.39 bits per heavy atom. The molecule has 1 heterocycles. The van der Waals surface area contributed by atoms with Gasteiger partial charge in [-0.2, -0.15) is 13.2 Å². The molecular weight excluding hydrogens is 484 g/mol. The smallest absolute Gasteiger partial charge is 0.422 e. The first-order valence-electron chi connectivity index (χ1n) is 9.37. The summed E-state index contributed by atoms with van der Waals surface area (Å²) in [7, 11) is 1.73. The fourth-order valence-electron chi connectivity index (χ4n) is 3.06. The average molecular weight is 514 g/mol. The molecule has 1 aliphatic heterocycles. The van der Waals surface area contributed by atoms with Crippen molar-refractivity contribution in [3.8, 4) is 5.75 Å². The van der Waals surface area contributed by atoms with Gasteiger partial charge in [-0.15, -0.1) is 24.0 Å². The van der Waals surface area contributed by atoms with Crippen LogP contribution >= 0.6 is 24.0 Å². The van der Waals surface area contributed by atoms with Crippen LogP contribution in [0.2, 0.25) is 0 Å². The Kier molecular flexibility index (Phi) is 10.9. The Morgan fingerprint density at radius 2 is 1.86 bits per heavy atom. The summed E-state index contributed by atoms with van der Waals surface area (Å²) >= 11 is 0. The van der Waals surface area contributed by atoms with Gasteiger partial charge in [0.25, 0.3) is 0 Å². The van der Waals surface area contributed by atoms with Gasteiger partial charge in [0.2, 0.25) is 0 Å². The molecule has 0 spiro atoms. The second-order valence-corrected chi connectivity index (χ2v) is 6.73. The Bertz CT molecular complexity index is 588. The van der Waals surface area contributed by atoms with Crippen molar-refractivity contribution in [1.29, 1.82) is 0 Å². The first kappa shape index (κ1) is 24.8. The summed E-state index contributed by atoms with van der Waals surface area (Å²) in [6.45, 7) is 4.81. The fourth-order valence-corrected chi connectivity index (χ4v) is 3.06. The maximum Gasteiger partial charge on any atom is 0.422 e. The van der Waals surface area contributed by atoms with E-state index in [1.165, 1.54) is 6.42 Å².